The lowest BCUT2D eigenvalue weighted by molar-refractivity contribution is -0.385. The van der Waals surface area contributed by atoms with Crippen molar-refractivity contribution in [3.05, 3.63) is 103 Å². The topological polar surface area (TPSA) is 129 Å². The van der Waals surface area contributed by atoms with Gasteiger partial charge in [-0.3, -0.25) is 19.7 Å². The van der Waals surface area contributed by atoms with Crippen LogP contribution in [0.3, 0.4) is 0 Å². The molecule has 39 heavy (non-hydrogen) atoms. The van der Waals surface area contributed by atoms with Crippen molar-refractivity contribution in [1.82, 2.24) is 9.66 Å². The number of nitrogens with one attached hydrogen (secondary N) is 1. The molecule has 0 aliphatic carbocycles. The minimum atomic E-state index is -0.646. The van der Waals surface area contributed by atoms with E-state index >= 15 is 0 Å². The molecule has 10 nitrogen and oxygen atoms in total. The number of para-hydroxylation sites is 1. The first kappa shape index (κ1) is 27.6. The van der Waals surface area contributed by atoms with Crippen molar-refractivity contribution in [1.29, 1.82) is 0 Å². The third-order valence-electron chi connectivity index (χ3n) is 5.49. The maximum absolute atomic E-state index is 13.4. The molecule has 0 bridgehead atoms. The largest absolute Gasteiger partial charge is 0.476 e. The number of nitro groups is 1. The zero-order chi connectivity index (χ0) is 28.3. The predicted octanol–water partition coefficient (Wildman–Crippen LogP) is 5.40. The number of ether oxygens (including phenoxy) is 1. The summed E-state index contributed by atoms with van der Waals surface area (Å²) in [5, 5.41) is 18.9. The van der Waals surface area contributed by atoms with Crippen LogP contribution in [0.15, 0.2) is 75.0 Å². The molecular formula is C27H23BrFN5O5. The van der Waals surface area contributed by atoms with E-state index < -0.39 is 39.9 Å². The number of hydrogen-bond donors (Lipinski definition) is 1. The van der Waals surface area contributed by atoms with E-state index in [1.54, 1.807) is 18.2 Å². The molecule has 1 N–H and O–H groups in total. The lowest BCUT2D eigenvalue weighted by Crippen LogP contribution is -2.29. The summed E-state index contributed by atoms with van der Waals surface area (Å²) in [5.74, 6) is -0.901. The van der Waals surface area contributed by atoms with Gasteiger partial charge in [-0.25, -0.2) is 9.37 Å². The summed E-state index contributed by atoms with van der Waals surface area (Å²) in [7, 11) is 0. The molecule has 0 aliphatic rings. The second-order valence-corrected chi connectivity index (χ2v) is 10.4. The fourth-order valence-electron chi connectivity index (χ4n) is 3.67. The zero-order valence-corrected chi connectivity index (χ0v) is 22.7. The van der Waals surface area contributed by atoms with E-state index in [2.05, 4.69) is 31.3 Å². The van der Waals surface area contributed by atoms with Crippen molar-refractivity contribution in [2.45, 2.75) is 26.2 Å². The maximum atomic E-state index is 13.4. The Labute approximate surface area is 230 Å². The molecule has 0 aliphatic heterocycles. The number of hydrogen-bond acceptors (Lipinski definition) is 7. The Hall–Kier alpha value is -4.45. The Bertz CT molecular complexity index is 1660. The Morgan fingerprint density at radius 3 is 2.59 bits per heavy atom. The zero-order valence-electron chi connectivity index (χ0n) is 21.1. The van der Waals surface area contributed by atoms with Crippen LogP contribution < -0.4 is 15.6 Å². The fourth-order valence-corrected chi connectivity index (χ4v) is 4.04. The van der Waals surface area contributed by atoms with E-state index in [-0.39, 0.29) is 11.3 Å². The van der Waals surface area contributed by atoms with E-state index in [4.69, 9.17) is 4.74 Å². The average molecular weight is 596 g/mol. The Morgan fingerprint density at radius 2 is 1.92 bits per heavy atom. The van der Waals surface area contributed by atoms with E-state index in [0.29, 0.717) is 26.9 Å². The highest BCUT2D eigenvalue weighted by molar-refractivity contribution is 9.10. The predicted molar refractivity (Wildman–Crippen MR) is 149 cm³/mol. The molecule has 0 radical (unpaired) electrons. The molecule has 0 spiro atoms. The van der Waals surface area contributed by atoms with Gasteiger partial charge in [-0.2, -0.15) is 9.78 Å². The number of nitro benzene ring substituents is 1. The van der Waals surface area contributed by atoms with Crippen LogP contribution in [0.5, 0.6) is 5.75 Å². The standard InChI is InChI=1S/C27H23BrFN5O5/c1-27(2,3)26-32-21-12-7-17(28)13-20(21)25(36)33(26)30-14-16-5-4-6-22(34(37)38)24(16)39-15-23(35)31-19-10-8-18(29)9-11-19/h4-14H,15H2,1-3H3,(H,31,35). The molecule has 0 saturated heterocycles. The molecule has 1 heterocycles. The molecule has 4 rings (SSSR count). The summed E-state index contributed by atoms with van der Waals surface area (Å²) in [6.07, 6.45) is 1.25. The van der Waals surface area contributed by atoms with Gasteiger partial charge in [0.2, 0.25) is 5.75 Å². The molecular weight excluding hydrogens is 573 g/mol. The van der Waals surface area contributed by atoms with Gasteiger partial charge in [-0.05, 0) is 48.5 Å². The van der Waals surface area contributed by atoms with Gasteiger partial charge in [0, 0.05) is 27.2 Å². The smallest absolute Gasteiger partial charge is 0.311 e. The highest BCUT2D eigenvalue weighted by atomic mass is 79.9. The number of aromatic nitrogens is 2. The SMILES string of the molecule is CC(C)(C)c1nc2ccc(Br)cc2c(=O)n1N=Cc1cccc([N+](=O)[O-])c1OCC(=O)Nc1ccc(F)cc1. The summed E-state index contributed by atoms with van der Waals surface area (Å²) < 4.78 is 20.5. The van der Waals surface area contributed by atoms with Gasteiger partial charge in [0.15, 0.2) is 6.61 Å². The molecule has 0 unspecified atom stereocenters. The number of carbonyl (C=O) groups excluding carboxylic acids is 1. The Kier molecular flexibility index (Phi) is 7.86. The second kappa shape index (κ2) is 11.1. The van der Waals surface area contributed by atoms with Crippen LogP contribution in [0.2, 0.25) is 0 Å². The van der Waals surface area contributed by atoms with Crippen LogP contribution in [-0.2, 0) is 10.2 Å². The number of carbonyl (C=O) groups is 1. The maximum Gasteiger partial charge on any atom is 0.311 e. The van der Waals surface area contributed by atoms with Gasteiger partial charge in [-0.1, -0.05) is 42.8 Å². The minimum Gasteiger partial charge on any atom is -0.476 e. The third-order valence-corrected chi connectivity index (χ3v) is 5.98. The van der Waals surface area contributed by atoms with Gasteiger partial charge >= 0.3 is 5.69 Å². The van der Waals surface area contributed by atoms with Crippen LogP contribution in [0.25, 0.3) is 10.9 Å². The number of rotatable bonds is 7. The van der Waals surface area contributed by atoms with Crippen molar-refractivity contribution in [3.63, 3.8) is 0 Å². The van der Waals surface area contributed by atoms with E-state index in [9.17, 15) is 24.1 Å². The molecule has 1 amide bonds. The highest BCUT2D eigenvalue weighted by Crippen LogP contribution is 2.30. The van der Waals surface area contributed by atoms with Crippen LogP contribution in [-0.4, -0.2) is 33.3 Å². The molecule has 0 saturated carbocycles. The van der Waals surface area contributed by atoms with Gasteiger partial charge in [-0.15, -0.1) is 0 Å². The van der Waals surface area contributed by atoms with Crippen LogP contribution in [0, 0.1) is 15.9 Å². The van der Waals surface area contributed by atoms with Crippen molar-refractivity contribution in [2.75, 3.05) is 11.9 Å². The average Bonchev–Trinajstić information content (AvgIpc) is 2.88. The van der Waals surface area contributed by atoms with Crippen LogP contribution in [0.1, 0.15) is 32.2 Å². The van der Waals surface area contributed by atoms with Gasteiger partial charge < -0.3 is 10.1 Å². The monoisotopic (exact) mass is 595 g/mol. The fraction of sp³-hybridized carbons (Fsp3) is 0.185. The summed E-state index contributed by atoms with van der Waals surface area (Å²) in [6.45, 7) is 5.08. The molecule has 12 heteroatoms. The molecule has 3 aromatic carbocycles. The van der Waals surface area contributed by atoms with E-state index in [1.165, 1.54) is 48.7 Å². The summed E-state index contributed by atoms with van der Waals surface area (Å²) in [5.41, 5.74) is -0.380. The van der Waals surface area contributed by atoms with Gasteiger partial charge in [0.05, 0.1) is 22.0 Å². The summed E-state index contributed by atoms with van der Waals surface area (Å²) >= 11 is 3.36. The van der Waals surface area contributed by atoms with Crippen molar-refractivity contribution < 1.29 is 18.8 Å². The minimum absolute atomic E-state index is 0.167. The van der Waals surface area contributed by atoms with Crippen molar-refractivity contribution >= 4 is 50.3 Å². The Balaban J connectivity index is 1.71. The van der Waals surface area contributed by atoms with Gasteiger partial charge in [0.25, 0.3) is 11.5 Å². The lowest BCUT2D eigenvalue weighted by Gasteiger charge is -2.21. The molecule has 0 atom stereocenters. The number of nitrogens with zero attached hydrogens (tertiary/aromatic N) is 4. The summed E-state index contributed by atoms with van der Waals surface area (Å²) in [4.78, 5) is 41.5. The highest BCUT2D eigenvalue weighted by Gasteiger charge is 2.24. The van der Waals surface area contributed by atoms with Gasteiger partial charge in [0.1, 0.15) is 11.6 Å². The second-order valence-electron chi connectivity index (χ2n) is 9.50. The first-order valence-corrected chi connectivity index (χ1v) is 12.5. The van der Waals surface area contributed by atoms with E-state index in [0.717, 1.165) is 4.68 Å². The summed E-state index contributed by atoms with van der Waals surface area (Å²) in [6, 6.07) is 14.4. The number of amides is 1. The Morgan fingerprint density at radius 1 is 1.21 bits per heavy atom. The first-order chi connectivity index (χ1) is 18.4. The number of halogens is 2. The van der Waals surface area contributed by atoms with Crippen molar-refractivity contribution in [3.8, 4) is 5.75 Å². The van der Waals surface area contributed by atoms with Crippen LogP contribution in [0.4, 0.5) is 15.8 Å². The number of fused-ring (bicyclic) bond motifs is 1. The molecule has 4 aromatic rings. The molecule has 1 aromatic heterocycles. The lowest BCUT2D eigenvalue weighted by atomic mass is 9.95. The molecule has 0 fully saturated rings. The van der Waals surface area contributed by atoms with Crippen molar-refractivity contribution in [2.24, 2.45) is 5.10 Å². The quantitative estimate of drug-likeness (QED) is 0.173. The number of benzene rings is 3. The molecule has 200 valence electrons. The van der Waals surface area contributed by atoms with Crippen LogP contribution >= 0.6 is 15.9 Å². The normalized spacial score (nSPS) is 11.6. The van der Waals surface area contributed by atoms with E-state index in [1.807, 2.05) is 20.8 Å². The third kappa shape index (κ3) is 6.34. The first-order valence-electron chi connectivity index (χ1n) is 11.7. The number of anilines is 1.